The van der Waals surface area contributed by atoms with E-state index in [-0.39, 0.29) is 5.56 Å². The summed E-state index contributed by atoms with van der Waals surface area (Å²) < 4.78 is 16.5. The highest BCUT2D eigenvalue weighted by atomic mass is 16.5. The standard InChI is InChI=1S/C18H23N3O4/c1-23-13-8-14(24-2)18(15(9-13)25-3)12-4-6-21(7-5-12)16-10-17(22)20-11-19-16/h8-12H,4-7H2,1-3H3,(H,19,20,22). The molecule has 0 saturated carbocycles. The fraction of sp³-hybridized carbons (Fsp3) is 0.444. The highest BCUT2D eigenvalue weighted by molar-refractivity contribution is 5.53. The van der Waals surface area contributed by atoms with Crippen molar-refractivity contribution >= 4 is 5.82 Å². The normalized spacial score (nSPS) is 15.1. The van der Waals surface area contributed by atoms with E-state index in [1.807, 2.05) is 12.1 Å². The lowest BCUT2D eigenvalue weighted by Crippen LogP contribution is -2.34. The molecule has 3 rings (SSSR count). The van der Waals surface area contributed by atoms with Crippen molar-refractivity contribution in [1.29, 1.82) is 0 Å². The first kappa shape index (κ1) is 17.1. The van der Waals surface area contributed by atoms with Gasteiger partial charge in [0.1, 0.15) is 23.1 Å². The molecule has 25 heavy (non-hydrogen) atoms. The quantitative estimate of drug-likeness (QED) is 0.895. The van der Waals surface area contributed by atoms with Gasteiger partial charge in [0, 0.05) is 36.9 Å². The van der Waals surface area contributed by atoms with Crippen molar-refractivity contribution in [3.63, 3.8) is 0 Å². The number of ether oxygens (including phenoxy) is 3. The Kier molecular flexibility index (Phi) is 5.11. The first-order valence-corrected chi connectivity index (χ1v) is 8.26. The summed E-state index contributed by atoms with van der Waals surface area (Å²) in [4.78, 5) is 20.4. The Morgan fingerprint density at radius 1 is 1.04 bits per heavy atom. The number of hydrogen-bond acceptors (Lipinski definition) is 6. The maximum Gasteiger partial charge on any atom is 0.252 e. The van der Waals surface area contributed by atoms with E-state index in [1.165, 1.54) is 12.4 Å². The van der Waals surface area contributed by atoms with Gasteiger partial charge in [0.05, 0.1) is 27.7 Å². The van der Waals surface area contributed by atoms with Gasteiger partial charge >= 0.3 is 0 Å². The molecular weight excluding hydrogens is 322 g/mol. The molecular formula is C18H23N3O4. The lowest BCUT2D eigenvalue weighted by atomic mass is 9.88. The Hall–Kier alpha value is -2.70. The van der Waals surface area contributed by atoms with Crippen LogP contribution in [0.2, 0.25) is 0 Å². The van der Waals surface area contributed by atoms with Crippen molar-refractivity contribution in [3.8, 4) is 17.2 Å². The number of hydrogen-bond donors (Lipinski definition) is 1. The molecule has 2 aromatic rings. The van der Waals surface area contributed by atoms with Crippen LogP contribution >= 0.6 is 0 Å². The van der Waals surface area contributed by atoms with Crippen molar-refractivity contribution in [2.45, 2.75) is 18.8 Å². The minimum atomic E-state index is -0.134. The number of aromatic nitrogens is 2. The SMILES string of the molecule is COc1cc(OC)c(C2CCN(c3cc(=O)[nH]cn3)CC2)c(OC)c1. The van der Waals surface area contributed by atoms with Crippen molar-refractivity contribution in [1.82, 2.24) is 9.97 Å². The third kappa shape index (κ3) is 3.55. The van der Waals surface area contributed by atoms with E-state index in [0.29, 0.717) is 11.7 Å². The fourth-order valence-corrected chi connectivity index (χ4v) is 3.36. The predicted octanol–water partition coefficient (Wildman–Crippen LogP) is 2.18. The number of methoxy groups -OCH3 is 3. The lowest BCUT2D eigenvalue weighted by Gasteiger charge is -2.34. The molecule has 1 aliphatic rings. The number of rotatable bonds is 5. The summed E-state index contributed by atoms with van der Waals surface area (Å²) in [7, 11) is 4.95. The first-order chi connectivity index (χ1) is 12.2. The summed E-state index contributed by atoms with van der Waals surface area (Å²) in [6.45, 7) is 1.64. The third-order valence-electron chi connectivity index (χ3n) is 4.64. The molecule has 1 aromatic carbocycles. The van der Waals surface area contributed by atoms with Crippen LogP contribution in [0.5, 0.6) is 17.2 Å². The largest absolute Gasteiger partial charge is 0.496 e. The lowest BCUT2D eigenvalue weighted by molar-refractivity contribution is 0.356. The predicted molar refractivity (Wildman–Crippen MR) is 95.1 cm³/mol. The van der Waals surface area contributed by atoms with E-state index in [0.717, 1.165) is 48.8 Å². The van der Waals surface area contributed by atoms with E-state index < -0.39 is 0 Å². The van der Waals surface area contributed by atoms with E-state index in [2.05, 4.69) is 14.9 Å². The van der Waals surface area contributed by atoms with Crippen molar-refractivity contribution in [3.05, 3.63) is 40.4 Å². The first-order valence-electron chi connectivity index (χ1n) is 8.26. The van der Waals surface area contributed by atoms with Gasteiger partial charge in [-0.25, -0.2) is 4.98 Å². The number of H-pyrrole nitrogens is 1. The second kappa shape index (κ2) is 7.46. The van der Waals surface area contributed by atoms with Gasteiger partial charge < -0.3 is 24.1 Å². The molecule has 7 heteroatoms. The molecule has 1 saturated heterocycles. The summed E-state index contributed by atoms with van der Waals surface area (Å²) in [6.07, 6.45) is 3.29. The number of piperidine rings is 1. The van der Waals surface area contributed by atoms with Crippen LogP contribution in [0.25, 0.3) is 0 Å². The Labute approximate surface area is 146 Å². The van der Waals surface area contributed by atoms with Gasteiger partial charge in [-0.05, 0) is 18.8 Å². The molecule has 0 bridgehead atoms. The van der Waals surface area contributed by atoms with E-state index in [4.69, 9.17) is 14.2 Å². The van der Waals surface area contributed by atoms with E-state index in [1.54, 1.807) is 21.3 Å². The average Bonchev–Trinajstić information content (AvgIpc) is 2.67. The Morgan fingerprint density at radius 3 is 2.20 bits per heavy atom. The van der Waals surface area contributed by atoms with Crippen LogP contribution in [0.1, 0.15) is 24.3 Å². The maximum atomic E-state index is 11.5. The van der Waals surface area contributed by atoms with Gasteiger partial charge in [0.25, 0.3) is 5.56 Å². The Balaban J connectivity index is 1.82. The zero-order valence-corrected chi connectivity index (χ0v) is 14.7. The van der Waals surface area contributed by atoms with Gasteiger partial charge in [0.15, 0.2) is 0 Å². The van der Waals surface area contributed by atoms with Gasteiger partial charge in [-0.15, -0.1) is 0 Å². The van der Waals surface area contributed by atoms with Crippen LogP contribution in [-0.2, 0) is 0 Å². The summed E-state index contributed by atoms with van der Waals surface area (Å²) >= 11 is 0. The number of nitrogens with zero attached hydrogens (tertiary/aromatic N) is 2. The molecule has 1 aromatic heterocycles. The molecule has 0 unspecified atom stereocenters. The fourth-order valence-electron chi connectivity index (χ4n) is 3.36. The van der Waals surface area contributed by atoms with E-state index in [9.17, 15) is 4.79 Å². The minimum Gasteiger partial charge on any atom is -0.496 e. The smallest absolute Gasteiger partial charge is 0.252 e. The summed E-state index contributed by atoms with van der Waals surface area (Å²) in [6, 6.07) is 5.32. The van der Waals surface area contributed by atoms with Crippen molar-refractivity contribution < 1.29 is 14.2 Å². The maximum absolute atomic E-state index is 11.5. The minimum absolute atomic E-state index is 0.134. The average molecular weight is 345 g/mol. The zero-order chi connectivity index (χ0) is 17.8. The van der Waals surface area contributed by atoms with Crippen molar-refractivity contribution in [2.75, 3.05) is 39.3 Å². The van der Waals surface area contributed by atoms with Gasteiger partial charge in [-0.3, -0.25) is 4.79 Å². The number of nitrogens with one attached hydrogen (secondary N) is 1. The third-order valence-corrected chi connectivity index (χ3v) is 4.64. The van der Waals surface area contributed by atoms with Gasteiger partial charge in [-0.2, -0.15) is 0 Å². The molecule has 7 nitrogen and oxygen atoms in total. The second-order valence-electron chi connectivity index (χ2n) is 5.98. The highest BCUT2D eigenvalue weighted by Crippen LogP contribution is 2.43. The molecule has 2 heterocycles. The molecule has 0 amide bonds. The van der Waals surface area contributed by atoms with Crippen LogP contribution in [0.4, 0.5) is 5.82 Å². The molecule has 0 spiro atoms. The van der Waals surface area contributed by atoms with Crippen molar-refractivity contribution in [2.24, 2.45) is 0 Å². The molecule has 134 valence electrons. The van der Waals surface area contributed by atoms with Crippen LogP contribution in [0, 0.1) is 0 Å². The van der Waals surface area contributed by atoms with Gasteiger partial charge in [-0.1, -0.05) is 0 Å². The molecule has 1 fully saturated rings. The molecule has 0 aliphatic carbocycles. The summed E-state index contributed by atoms with van der Waals surface area (Å²) in [5.41, 5.74) is 0.940. The molecule has 0 radical (unpaired) electrons. The highest BCUT2D eigenvalue weighted by Gasteiger charge is 2.27. The van der Waals surface area contributed by atoms with Crippen LogP contribution in [0.15, 0.2) is 29.3 Å². The monoisotopic (exact) mass is 345 g/mol. The second-order valence-corrected chi connectivity index (χ2v) is 5.98. The summed E-state index contributed by atoms with van der Waals surface area (Å²) in [5.74, 6) is 3.31. The van der Waals surface area contributed by atoms with E-state index >= 15 is 0 Å². The summed E-state index contributed by atoms with van der Waals surface area (Å²) in [5, 5.41) is 0. The Bertz CT molecular complexity index is 757. The topological polar surface area (TPSA) is 76.7 Å². The number of benzene rings is 1. The number of anilines is 1. The Morgan fingerprint density at radius 2 is 1.68 bits per heavy atom. The molecule has 1 aliphatic heterocycles. The number of aromatic amines is 1. The van der Waals surface area contributed by atoms with Crippen LogP contribution < -0.4 is 24.7 Å². The van der Waals surface area contributed by atoms with Crippen LogP contribution in [0.3, 0.4) is 0 Å². The zero-order valence-electron chi connectivity index (χ0n) is 14.7. The molecule has 0 atom stereocenters. The van der Waals surface area contributed by atoms with Gasteiger partial charge in [0.2, 0.25) is 0 Å². The molecule has 1 N–H and O–H groups in total. The van der Waals surface area contributed by atoms with Crippen LogP contribution in [-0.4, -0.2) is 44.4 Å².